The van der Waals surface area contributed by atoms with E-state index in [0.29, 0.717) is 6.04 Å². The molecule has 0 saturated carbocycles. The molecule has 0 aliphatic carbocycles. The molecule has 2 rings (SSSR count). The molecule has 2 heterocycles. The maximum absolute atomic E-state index is 4.21. The molecule has 2 N–H and O–H groups in total. The zero-order valence-corrected chi connectivity index (χ0v) is 6.67. The van der Waals surface area contributed by atoms with E-state index in [4.69, 9.17) is 0 Å². The largest absolute Gasteiger partial charge is 0.347 e. The molecule has 1 saturated heterocycles. The Balaban J connectivity index is 2.08. The lowest BCUT2D eigenvalue weighted by Gasteiger charge is -2.04. The van der Waals surface area contributed by atoms with Gasteiger partial charge in [-0.15, -0.1) is 0 Å². The minimum atomic E-state index is 0.458. The highest BCUT2D eigenvalue weighted by molar-refractivity contribution is 4.98. The van der Waals surface area contributed by atoms with Gasteiger partial charge in [0.2, 0.25) is 0 Å². The summed E-state index contributed by atoms with van der Waals surface area (Å²) in [4.78, 5) is 7.34. The molecular weight excluding hydrogens is 138 g/mol. The van der Waals surface area contributed by atoms with Crippen molar-refractivity contribution in [3.63, 3.8) is 0 Å². The number of rotatable bonds is 1. The van der Waals surface area contributed by atoms with Crippen LogP contribution in [0.5, 0.6) is 0 Å². The summed E-state index contributed by atoms with van der Waals surface area (Å²) in [5.41, 5.74) is 0. The maximum atomic E-state index is 4.21. The smallest absolute Gasteiger partial charge is 0.123 e. The highest BCUT2D eigenvalue weighted by atomic mass is 15.0. The second-order valence-corrected chi connectivity index (χ2v) is 3.28. The summed E-state index contributed by atoms with van der Waals surface area (Å²) < 4.78 is 0. The van der Waals surface area contributed by atoms with Crippen LogP contribution in [0.1, 0.15) is 25.2 Å². The summed E-state index contributed by atoms with van der Waals surface area (Å²) in [5, 5.41) is 3.42. The molecular formula is C8H13N3. The lowest BCUT2D eigenvalue weighted by Crippen LogP contribution is -2.14. The molecule has 3 heteroatoms. The Morgan fingerprint density at radius 2 is 2.55 bits per heavy atom. The van der Waals surface area contributed by atoms with Gasteiger partial charge in [-0.05, 0) is 18.9 Å². The van der Waals surface area contributed by atoms with Crippen LogP contribution in [-0.4, -0.2) is 16.5 Å². The number of hydrogen-bond donors (Lipinski definition) is 2. The van der Waals surface area contributed by atoms with Gasteiger partial charge in [0.1, 0.15) is 5.82 Å². The molecule has 11 heavy (non-hydrogen) atoms. The van der Waals surface area contributed by atoms with Gasteiger partial charge in [-0.1, -0.05) is 6.92 Å². The van der Waals surface area contributed by atoms with E-state index in [-0.39, 0.29) is 0 Å². The average molecular weight is 151 g/mol. The third kappa shape index (κ3) is 1.28. The van der Waals surface area contributed by atoms with E-state index < -0.39 is 0 Å². The van der Waals surface area contributed by atoms with Crippen LogP contribution in [0.15, 0.2) is 12.4 Å². The summed E-state index contributed by atoms with van der Waals surface area (Å²) in [7, 11) is 0. The first kappa shape index (κ1) is 6.85. The summed E-state index contributed by atoms with van der Waals surface area (Å²) in [6.07, 6.45) is 4.88. The minimum Gasteiger partial charge on any atom is -0.347 e. The molecule has 3 nitrogen and oxygen atoms in total. The molecule has 1 aromatic rings. The Labute approximate surface area is 66.2 Å². The van der Waals surface area contributed by atoms with Gasteiger partial charge >= 0.3 is 0 Å². The molecule has 2 atom stereocenters. The molecule has 0 bridgehead atoms. The number of nitrogens with one attached hydrogen (secondary N) is 2. The quantitative estimate of drug-likeness (QED) is 0.630. The number of aromatic nitrogens is 2. The first-order valence-corrected chi connectivity index (χ1v) is 4.09. The van der Waals surface area contributed by atoms with Gasteiger partial charge in [0, 0.05) is 12.4 Å². The van der Waals surface area contributed by atoms with E-state index >= 15 is 0 Å². The molecule has 1 aliphatic rings. The van der Waals surface area contributed by atoms with Gasteiger partial charge < -0.3 is 10.3 Å². The van der Waals surface area contributed by atoms with Crippen molar-refractivity contribution in [1.29, 1.82) is 0 Å². The summed E-state index contributed by atoms with van der Waals surface area (Å²) in [6.45, 7) is 3.38. The second-order valence-electron chi connectivity index (χ2n) is 3.28. The number of H-pyrrole nitrogens is 1. The topological polar surface area (TPSA) is 40.7 Å². The number of hydrogen-bond acceptors (Lipinski definition) is 2. The van der Waals surface area contributed by atoms with Crippen LogP contribution in [0.2, 0.25) is 0 Å². The lowest BCUT2D eigenvalue weighted by molar-refractivity contribution is 0.588. The molecule has 60 valence electrons. The fourth-order valence-electron chi connectivity index (χ4n) is 1.59. The summed E-state index contributed by atoms with van der Waals surface area (Å²) in [6, 6.07) is 0.458. The van der Waals surface area contributed by atoms with E-state index in [1.54, 1.807) is 6.20 Å². The zero-order valence-electron chi connectivity index (χ0n) is 6.67. The Kier molecular flexibility index (Phi) is 1.66. The van der Waals surface area contributed by atoms with Crippen molar-refractivity contribution in [2.75, 3.05) is 6.54 Å². The predicted molar refractivity (Wildman–Crippen MR) is 43.1 cm³/mol. The van der Waals surface area contributed by atoms with Crippen LogP contribution in [0, 0.1) is 5.92 Å². The normalized spacial score (nSPS) is 31.0. The Bertz CT molecular complexity index is 217. The van der Waals surface area contributed by atoms with E-state index in [0.717, 1.165) is 18.3 Å². The molecule has 0 aromatic carbocycles. The van der Waals surface area contributed by atoms with E-state index in [1.165, 1.54) is 6.42 Å². The van der Waals surface area contributed by atoms with Gasteiger partial charge in [0.15, 0.2) is 0 Å². The zero-order chi connectivity index (χ0) is 7.68. The van der Waals surface area contributed by atoms with E-state index in [1.807, 2.05) is 6.20 Å². The number of imidazole rings is 1. The van der Waals surface area contributed by atoms with Crippen molar-refractivity contribution in [1.82, 2.24) is 15.3 Å². The van der Waals surface area contributed by atoms with Crippen LogP contribution in [0.25, 0.3) is 0 Å². The molecule has 0 radical (unpaired) electrons. The standard InChI is InChI=1S/C8H13N3/c1-6-4-7(11-5-6)8-9-2-3-10-8/h2-3,6-7,11H,4-5H2,1H3,(H,9,10)/t6-,7-/m0/s1. The summed E-state index contributed by atoms with van der Waals surface area (Å²) >= 11 is 0. The van der Waals surface area contributed by atoms with Crippen molar-refractivity contribution in [2.24, 2.45) is 5.92 Å². The molecule has 0 spiro atoms. The number of nitrogens with zero attached hydrogens (tertiary/aromatic N) is 1. The Morgan fingerprint density at radius 1 is 1.64 bits per heavy atom. The maximum Gasteiger partial charge on any atom is 0.123 e. The molecule has 0 amide bonds. The Hall–Kier alpha value is -0.830. The third-order valence-corrected chi connectivity index (χ3v) is 2.20. The van der Waals surface area contributed by atoms with Crippen LogP contribution >= 0.6 is 0 Å². The van der Waals surface area contributed by atoms with Crippen LogP contribution in [-0.2, 0) is 0 Å². The SMILES string of the molecule is C[C@@H]1CN[C@H](c2ncc[nH]2)C1. The van der Waals surface area contributed by atoms with Gasteiger partial charge in [-0.3, -0.25) is 0 Å². The fourth-order valence-corrected chi connectivity index (χ4v) is 1.59. The molecule has 1 aliphatic heterocycles. The van der Waals surface area contributed by atoms with Crippen molar-refractivity contribution in [2.45, 2.75) is 19.4 Å². The number of aromatic amines is 1. The van der Waals surface area contributed by atoms with Gasteiger partial charge in [-0.2, -0.15) is 0 Å². The van der Waals surface area contributed by atoms with Crippen LogP contribution < -0.4 is 5.32 Å². The first-order valence-electron chi connectivity index (χ1n) is 4.09. The van der Waals surface area contributed by atoms with Crippen LogP contribution in [0.3, 0.4) is 0 Å². The Morgan fingerprint density at radius 3 is 3.09 bits per heavy atom. The fraction of sp³-hybridized carbons (Fsp3) is 0.625. The average Bonchev–Trinajstić information content (AvgIpc) is 2.55. The van der Waals surface area contributed by atoms with Crippen molar-refractivity contribution >= 4 is 0 Å². The van der Waals surface area contributed by atoms with Crippen LogP contribution in [0.4, 0.5) is 0 Å². The third-order valence-electron chi connectivity index (χ3n) is 2.20. The monoisotopic (exact) mass is 151 g/mol. The van der Waals surface area contributed by atoms with Crippen molar-refractivity contribution in [3.05, 3.63) is 18.2 Å². The predicted octanol–water partition coefficient (Wildman–Crippen LogP) is 1.08. The lowest BCUT2D eigenvalue weighted by atomic mass is 10.1. The van der Waals surface area contributed by atoms with Gasteiger partial charge in [0.25, 0.3) is 0 Å². The first-order chi connectivity index (χ1) is 5.36. The summed E-state index contributed by atoms with van der Waals surface area (Å²) in [5.74, 6) is 1.86. The highest BCUT2D eigenvalue weighted by Crippen LogP contribution is 2.23. The highest BCUT2D eigenvalue weighted by Gasteiger charge is 2.23. The van der Waals surface area contributed by atoms with Crippen molar-refractivity contribution < 1.29 is 0 Å². The molecule has 1 aromatic heterocycles. The minimum absolute atomic E-state index is 0.458. The van der Waals surface area contributed by atoms with Crippen molar-refractivity contribution in [3.8, 4) is 0 Å². The molecule has 0 unspecified atom stereocenters. The van der Waals surface area contributed by atoms with Gasteiger partial charge in [-0.25, -0.2) is 4.98 Å². The second kappa shape index (κ2) is 2.66. The van der Waals surface area contributed by atoms with E-state index in [9.17, 15) is 0 Å². The van der Waals surface area contributed by atoms with Gasteiger partial charge in [0.05, 0.1) is 6.04 Å². The molecule has 1 fully saturated rings. The van der Waals surface area contributed by atoms with E-state index in [2.05, 4.69) is 22.2 Å².